The Hall–Kier alpha value is -0.420. The van der Waals surface area contributed by atoms with Crippen LogP contribution >= 0.6 is 11.6 Å². The van der Waals surface area contributed by atoms with Gasteiger partial charge in [-0.25, -0.2) is 0 Å². The summed E-state index contributed by atoms with van der Waals surface area (Å²) in [6.45, 7) is 10.5. The molecule has 1 aromatic rings. The molecular formula is C12H20ClNO2S. The molecule has 0 aliphatic heterocycles. The van der Waals surface area contributed by atoms with Crippen molar-refractivity contribution in [2.45, 2.75) is 25.7 Å². The molecule has 3 nitrogen and oxygen atoms in total. The van der Waals surface area contributed by atoms with Crippen LogP contribution in [0.5, 0.6) is 0 Å². The summed E-state index contributed by atoms with van der Waals surface area (Å²) in [7, 11) is 0. The third-order valence-corrected chi connectivity index (χ3v) is 3.42. The molecule has 98 valence electrons. The Morgan fingerprint density at radius 1 is 1.12 bits per heavy atom. The Morgan fingerprint density at radius 3 is 1.76 bits per heavy atom. The summed E-state index contributed by atoms with van der Waals surface area (Å²) in [5.74, 6) is 0. The first kappa shape index (κ1) is 16.6. The molecule has 0 spiro atoms. The molecule has 5 heteroatoms. The molecule has 0 bridgehead atoms. The van der Waals surface area contributed by atoms with Crippen molar-refractivity contribution < 1.29 is 13.7 Å². The van der Waals surface area contributed by atoms with Crippen molar-refractivity contribution in [2.75, 3.05) is 19.6 Å². The second kappa shape index (κ2) is 9.59. The monoisotopic (exact) mass is 277 g/mol. The molecule has 0 heterocycles. The summed E-state index contributed by atoms with van der Waals surface area (Å²) >= 11 is 3.37. The minimum absolute atomic E-state index is 0.254. The SMILES string of the molecule is CC[NH+](CC)CC.O=S([O-])c1ccc(Cl)cc1. The van der Waals surface area contributed by atoms with Crippen LogP contribution < -0.4 is 4.90 Å². The zero-order valence-corrected chi connectivity index (χ0v) is 12.1. The van der Waals surface area contributed by atoms with Crippen molar-refractivity contribution in [3.8, 4) is 0 Å². The standard InChI is InChI=1S/C6H5ClO2S.C6H15N/c7-5-1-3-6(4-2-5)10(8)9;1-4-7(5-2)6-3/h1-4H,(H,8,9);4-6H2,1-3H3. The zero-order chi connectivity index (χ0) is 13.3. The molecule has 0 aliphatic rings. The number of quaternary nitrogens is 1. The number of hydrogen-bond donors (Lipinski definition) is 1. The van der Waals surface area contributed by atoms with E-state index in [4.69, 9.17) is 11.6 Å². The summed E-state index contributed by atoms with van der Waals surface area (Å²) in [5.41, 5.74) is 0. The van der Waals surface area contributed by atoms with Gasteiger partial charge in [0.2, 0.25) is 0 Å². The normalized spacial score (nSPS) is 11.9. The number of hydrogen-bond acceptors (Lipinski definition) is 2. The predicted molar refractivity (Wildman–Crippen MR) is 71.2 cm³/mol. The van der Waals surface area contributed by atoms with Crippen LogP contribution in [0.15, 0.2) is 29.2 Å². The van der Waals surface area contributed by atoms with Crippen molar-refractivity contribution in [3.63, 3.8) is 0 Å². The van der Waals surface area contributed by atoms with Crippen LogP contribution in [0.4, 0.5) is 0 Å². The van der Waals surface area contributed by atoms with Gasteiger partial charge < -0.3 is 9.45 Å². The predicted octanol–water partition coefficient (Wildman–Crippen LogP) is 1.51. The van der Waals surface area contributed by atoms with E-state index in [0.29, 0.717) is 5.02 Å². The van der Waals surface area contributed by atoms with E-state index in [1.54, 1.807) is 4.90 Å². The molecule has 0 aromatic heterocycles. The molecule has 1 atom stereocenters. The van der Waals surface area contributed by atoms with Crippen molar-refractivity contribution in [3.05, 3.63) is 29.3 Å². The second-order valence-corrected chi connectivity index (χ2v) is 4.88. The van der Waals surface area contributed by atoms with Crippen LogP contribution in [0, 0.1) is 0 Å². The molecule has 1 rings (SSSR count). The summed E-state index contributed by atoms with van der Waals surface area (Å²) in [4.78, 5) is 1.93. The lowest BCUT2D eigenvalue weighted by Crippen LogP contribution is -3.11. The molecule has 0 fully saturated rings. The van der Waals surface area contributed by atoms with Crippen LogP contribution in [0.1, 0.15) is 20.8 Å². The molecule has 1 aromatic carbocycles. The first-order valence-electron chi connectivity index (χ1n) is 5.73. The van der Waals surface area contributed by atoms with Gasteiger partial charge in [0.1, 0.15) is 0 Å². The topological polar surface area (TPSA) is 44.6 Å². The molecule has 17 heavy (non-hydrogen) atoms. The highest BCUT2D eigenvalue weighted by Crippen LogP contribution is 2.10. The average Bonchev–Trinajstić information content (AvgIpc) is 2.32. The summed E-state index contributed by atoms with van der Waals surface area (Å²) in [6.07, 6.45) is 0. The minimum Gasteiger partial charge on any atom is -0.768 e. The van der Waals surface area contributed by atoms with Gasteiger partial charge in [0.05, 0.1) is 19.6 Å². The number of rotatable bonds is 4. The van der Waals surface area contributed by atoms with Crippen LogP contribution in [0.3, 0.4) is 0 Å². The maximum atomic E-state index is 10.3. The van der Waals surface area contributed by atoms with Gasteiger partial charge in [-0.3, -0.25) is 4.21 Å². The Morgan fingerprint density at radius 2 is 1.53 bits per heavy atom. The van der Waals surface area contributed by atoms with E-state index in [1.165, 1.54) is 43.9 Å². The van der Waals surface area contributed by atoms with Crippen LogP contribution in [-0.2, 0) is 11.1 Å². The quantitative estimate of drug-likeness (QED) is 0.848. The van der Waals surface area contributed by atoms with Crippen LogP contribution in [0.2, 0.25) is 5.02 Å². The van der Waals surface area contributed by atoms with Gasteiger partial charge in [-0.15, -0.1) is 0 Å². The lowest BCUT2D eigenvalue weighted by atomic mass is 10.4. The van der Waals surface area contributed by atoms with Crippen molar-refractivity contribution in [2.24, 2.45) is 0 Å². The number of halogens is 1. The summed E-state index contributed by atoms with van der Waals surface area (Å²) < 4.78 is 20.5. The van der Waals surface area contributed by atoms with E-state index < -0.39 is 11.1 Å². The van der Waals surface area contributed by atoms with Gasteiger partial charge in [-0.05, 0) is 56.1 Å². The van der Waals surface area contributed by atoms with Crippen LogP contribution in [-0.4, -0.2) is 28.4 Å². The third-order valence-electron chi connectivity index (χ3n) is 2.51. The largest absolute Gasteiger partial charge is 0.768 e. The Bertz CT molecular complexity index is 320. The van der Waals surface area contributed by atoms with Gasteiger partial charge in [0.15, 0.2) is 0 Å². The van der Waals surface area contributed by atoms with Gasteiger partial charge in [-0.1, -0.05) is 11.6 Å². The lowest BCUT2D eigenvalue weighted by Gasteiger charge is -2.10. The molecule has 0 aliphatic carbocycles. The van der Waals surface area contributed by atoms with Gasteiger partial charge in [0, 0.05) is 9.92 Å². The molecule has 0 saturated heterocycles. The fraction of sp³-hybridized carbons (Fsp3) is 0.500. The molecule has 0 saturated carbocycles. The maximum Gasteiger partial charge on any atom is 0.0742 e. The summed E-state index contributed by atoms with van der Waals surface area (Å²) in [6, 6.07) is 5.97. The van der Waals surface area contributed by atoms with Gasteiger partial charge in [-0.2, -0.15) is 0 Å². The van der Waals surface area contributed by atoms with E-state index in [-0.39, 0.29) is 4.90 Å². The van der Waals surface area contributed by atoms with Crippen molar-refractivity contribution >= 4 is 22.7 Å². The highest BCUT2D eigenvalue weighted by Gasteiger charge is 1.93. The van der Waals surface area contributed by atoms with Crippen molar-refractivity contribution in [1.29, 1.82) is 0 Å². The third kappa shape index (κ3) is 7.49. The van der Waals surface area contributed by atoms with Gasteiger partial charge in [0.25, 0.3) is 0 Å². The molecule has 1 N–H and O–H groups in total. The molecular weight excluding hydrogens is 258 g/mol. The minimum atomic E-state index is -2.15. The highest BCUT2D eigenvalue weighted by atomic mass is 35.5. The average molecular weight is 278 g/mol. The van der Waals surface area contributed by atoms with E-state index >= 15 is 0 Å². The first-order chi connectivity index (χ1) is 8.04. The highest BCUT2D eigenvalue weighted by molar-refractivity contribution is 7.79. The van der Waals surface area contributed by atoms with E-state index in [9.17, 15) is 8.76 Å². The van der Waals surface area contributed by atoms with Crippen LogP contribution in [0.25, 0.3) is 0 Å². The summed E-state index contributed by atoms with van der Waals surface area (Å²) in [5, 5.41) is 0.536. The Balaban J connectivity index is 0.000000325. The van der Waals surface area contributed by atoms with E-state index in [2.05, 4.69) is 20.8 Å². The Labute approximate surface area is 111 Å². The fourth-order valence-electron chi connectivity index (χ4n) is 1.30. The fourth-order valence-corrected chi connectivity index (χ4v) is 1.78. The van der Waals surface area contributed by atoms with E-state index in [1.807, 2.05) is 0 Å². The number of nitrogens with one attached hydrogen (secondary N) is 1. The molecule has 0 radical (unpaired) electrons. The second-order valence-electron chi connectivity index (χ2n) is 3.50. The Kier molecular flexibility index (Phi) is 9.36. The lowest BCUT2D eigenvalue weighted by molar-refractivity contribution is -0.894. The first-order valence-corrected chi connectivity index (χ1v) is 7.18. The van der Waals surface area contributed by atoms with Crippen molar-refractivity contribution in [1.82, 2.24) is 0 Å². The molecule has 1 unspecified atom stereocenters. The number of benzene rings is 1. The smallest absolute Gasteiger partial charge is 0.0742 e. The molecule has 0 amide bonds. The maximum absolute atomic E-state index is 10.3. The van der Waals surface area contributed by atoms with E-state index in [0.717, 1.165) is 0 Å². The van der Waals surface area contributed by atoms with Gasteiger partial charge >= 0.3 is 0 Å². The zero-order valence-electron chi connectivity index (χ0n) is 10.5.